The molecule has 0 radical (unpaired) electrons. The minimum absolute atomic E-state index is 0.339. The van der Waals surface area contributed by atoms with E-state index in [1.165, 1.54) is 0 Å². The van der Waals surface area contributed by atoms with Crippen molar-refractivity contribution in [2.24, 2.45) is 0 Å². The summed E-state index contributed by atoms with van der Waals surface area (Å²) >= 11 is 0. The van der Waals surface area contributed by atoms with Crippen LogP contribution in [0.5, 0.6) is 0 Å². The average molecular weight is 220 g/mol. The third kappa shape index (κ3) is 1.28. The van der Waals surface area contributed by atoms with Gasteiger partial charge in [0.15, 0.2) is 5.76 Å². The Morgan fingerprint density at radius 3 is 2.88 bits per heavy atom. The molecule has 1 fully saturated rings. The Balaban J connectivity index is 1.93. The lowest BCUT2D eigenvalue weighted by Crippen LogP contribution is -2.37. The molecule has 1 saturated carbocycles. The van der Waals surface area contributed by atoms with Crippen LogP contribution in [0.15, 0.2) is 27.3 Å². The van der Waals surface area contributed by atoms with Crippen LogP contribution < -0.4 is 0 Å². The van der Waals surface area contributed by atoms with Gasteiger partial charge in [0.1, 0.15) is 5.60 Å². The molecule has 84 valence electrons. The van der Waals surface area contributed by atoms with E-state index in [-0.39, 0.29) is 5.60 Å². The zero-order valence-corrected chi connectivity index (χ0v) is 8.97. The molecule has 5 nitrogen and oxygen atoms in total. The lowest BCUT2D eigenvalue weighted by Gasteiger charge is -2.37. The lowest BCUT2D eigenvalue weighted by molar-refractivity contribution is -0.0858. The van der Waals surface area contributed by atoms with E-state index in [1.54, 1.807) is 25.5 Å². The normalized spacial score (nSPS) is 18.3. The molecule has 0 bridgehead atoms. The number of aromatic nitrogens is 2. The molecular formula is C11H12N2O3. The van der Waals surface area contributed by atoms with Crippen molar-refractivity contribution in [3.05, 3.63) is 24.2 Å². The number of methoxy groups -OCH3 is 1. The summed E-state index contributed by atoms with van der Waals surface area (Å²) < 4.78 is 15.8. The summed E-state index contributed by atoms with van der Waals surface area (Å²) in [4.78, 5) is 4.32. The van der Waals surface area contributed by atoms with Crippen molar-refractivity contribution in [1.29, 1.82) is 0 Å². The highest BCUT2D eigenvalue weighted by Crippen LogP contribution is 2.43. The predicted octanol–water partition coefficient (Wildman–Crippen LogP) is 2.36. The fourth-order valence-electron chi connectivity index (χ4n) is 1.93. The molecule has 0 atom stereocenters. The Kier molecular flexibility index (Phi) is 2.07. The summed E-state index contributed by atoms with van der Waals surface area (Å²) in [5.74, 6) is 1.61. The first-order valence-electron chi connectivity index (χ1n) is 5.27. The van der Waals surface area contributed by atoms with Gasteiger partial charge in [0.05, 0.1) is 6.26 Å². The first-order valence-corrected chi connectivity index (χ1v) is 5.27. The van der Waals surface area contributed by atoms with Gasteiger partial charge in [0.2, 0.25) is 5.82 Å². The van der Waals surface area contributed by atoms with Crippen LogP contribution in [0.1, 0.15) is 25.1 Å². The maximum atomic E-state index is 5.47. The van der Waals surface area contributed by atoms with Crippen LogP contribution in [0.3, 0.4) is 0 Å². The summed E-state index contributed by atoms with van der Waals surface area (Å²) in [6, 6.07) is 3.58. The van der Waals surface area contributed by atoms with Crippen molar-refractivity contribution in [2.45, 2.75) is 24.9 Å². The molecule has 5 heteroatoms. The molecule has 0 aliphatic heterocycles. The van der Waals surface area contributed by atoms with Gasteiger partial charge in [0, 0.05) is 7.11 Å². The van der Waals surface area contributed by atoms with E-state index >= 15 is 0 Å². The number of hydrogen-bond acceptors (Lipinski definition) is 5. The minimum atomic E-state index is -0.339. The molecule has 0 spiro atoms. The molecular weight excluding hydrogens is 208 g/mol. The van der Waals surface area contributed by atoms with Gasteiger partial charge in [-0.25, -0.2) is 0 Å². The van der Waals surface area contributed by atoms with Gasteiger partial charge in [-0.05, 0) is 31.4 Å². The van der Waals surface area contributed by atoms with Crippen LogP contribution >= 0.6 is 0 Å². The maximum Gasteiger partial charge on any atom is 0.293 e. The average Bonchev–Trinajstić information content (AvgIpc) is 2.86. The van der Waals surface area contributed by atoms with Crippen molar-refractivity contribution >= 4 is 0 Å². The summed E-state index contributed by atoms with van der Waals surface area (Å²) in [6.45, 7) is 0. The number of furan rings is 1. The summed E-state index contributed by atoms with van der Waals surface area (Å²) in [6.07, 6.45) is 4.61. The molecule has 2 aromatic rings. The van der Waals surface area contributed by atoms with Gasteiger partial charge in [-0.15, -0.1) is 0 Å². The summed E-state index contributed by atoms with van der Waals surface area (Å²) in [5.41, 5.74) is -0.339. The number of hydrogen-bond donors (Lipinski definition) is 0. The van der Waals surface area contributed by atoms with Crippen molar-refractivity contribution in [2.75, 3.05) is 7.11 Å². The minimum Gasteiger partial charge on any atom is -0.459 e. The largest absolute Gasteiger partial charge is 0.459 e. The number of rotatable bonds is 3. The third-order valence-electron chi connectivity index (χ3n) is 3.12. The van der Waals surface area contributed by atoms with Gasteiger partial charge in [0.25, 0.3) is 5.89 Å². The molecule has 0 unspecified atom stereocenters. The quantitative estimate of drug-likeness (QED) is 0.794. The van der Waals surface area contributed by atoms with E-state index in [0.717, 1.165) is 19.3 Å². The van der Waals surface area contributed by atoms with Crippen LogP contribution in [0.2, 0.25) is 0 Å². The number of ether oxygens (including phenoxy) is 1. The van der Waals surface area contributed by atoms with Crippen LogP contribution in [0.4, 0.5) is 0 Å². The molecule has 0 saturated heterocycles. The second kappa shape index (κ2) is 3.45. The second-order valence-corrected chi connectivity index (χ2v) is 3.95. The van der Waals surface area contributed by atoms with Crippen molar-refractivity contribution in [3.63, 3.8) is 0 Å². The maximum absolute atomic E-state index is 5.47. The van der Waals surface area contributed by atoms with E-state index < -0.39 is 0 Å². The Hall–Kier alpha value is -1.62. The molecule has 2 aromatic heterocycles. The van der Waals surface area contributed by atoms with Crippen LogP contribution in [-0.4, -0.2) is 17.3 Å². The van der Waals surface area contributed by atoms with E-state index in [9.17, 15) is 0 Å². The molecule has 2 heterocycles. The molecule has 3 rings (SSSR count). The summed E-state index contributed by atoms with van der Waals surface area (Å²) in [7, 11) is 1.68. The van der Waals surface area contributed by atoms with Crippen molar-refractivity contribution in [1.82, 2.24) is 10.1 Å². The second-order valence-electron chi connectivity index (χ2n) is 3.95. The highest BCUT2D eigenvalue weighted by molar-refractivity contribution is 5.43. The highest BCUT2D eigenvalue weighted by atomic mass is 16.5. The van der Waals surface area contributed by atoms with Gasteiger partial charge in [-0.2, -0.15) is 4.98 Å². The Morgan fingerprint density at radius 2 is 2.31 bits per heavy atom. The Morgan fingerprint density at radius 1 is 1.44 bits per heavy atom. The van der Waals surface area contributed by atoms with E-state index in [2.05, 4.69) is 10.1 Å². The Labute approximate surface area is 92.4 Å². The van der Waals surface area contributed by atoms with Gasteiger partial charge in [-0.1, -0.05) is 5.16 Å². The summed E-state index contributed by atoms with van der Waals surface area (Å²) in [5, 5.41) is 3.97. The van der Waals surface area contributed by atoms with Crippen molar-refractivity contribution in [3.8, 4) is 11.7 Å². The smallest absolute Gasteiger partial charge is 0.293 e. The van der Waals surface area contributed by atoms with Gasteiger partial charge in [-0.3, -0.25) is 0 Å². The molecule has 1 aliphatic rings. The van der Waals surface area contributed by atoms with Crippen LogP contribution in [-0.2, 0) is 10.3 Å². The first kappa shape index (κ1) is 9.59. The molecule has 0 N–H and O–H groups in total. The Bertz CT molecular complexity index is 466. The monoisotopic (exact) mass is 220 g/mol. The first-order chi connectivity index (χ1) is 7.84. The molecule has 16 heavy (non-hydrogen) atoms. The zero-order valence-electron chi connectivity index (χ0n) is 8.97. The van der Waals surface area contributed by atoms with Crippen molar-refractivity contribution < 1.29 is 13.7 Å². The fourth-order valence-corrected chi connectivity index (χ4v) is 1.93. The topological polar surface area (TPSA) is 61.3 Å². The molecule has 1 aliphatic carbocycles. The standard InChI is InChI=1S/C11H12N2O3/c1-14-11(5-3-6-11)10-12-9(16-13-10)8-4-2-7-15-8/h2,4,7H,3,5-6H2,1H3. The lowest BCUT2D eigenvalue weighted by atomic mass is 9.79. The SMILES string of the molecule is COC1(c2noc(-c3ccco3)n2)CCC1. The van der Waals surface area contributed by atoms with E-state index in [1.807, 2.05) is 0 Å². The van der Waals surface area contributed by atoms with Gasteiger partial charge < -0.3 is 13.7 Å². The molecule has 0 aromatic carbocycles. The van der Waals surface area contributed by atoms with E-state index in [0.29, 0.717) is 17.5 Å². The van der Waals surface area contributed by atoms with Crippen LogP contribution in [0.25, 0.3) is 11.7 Å². The third-order valence-corrected chi connectivity index (χ3v) is 3.12. The van der Waals surface area contributed by atoms with Gasteiger partial charge >= 0.3 is 0 Å². The van der Waals surface area contributed by atoms with Crippen LogP contribution in [0, 0.1) is 0 Å². The number of nitrogens with zero attached hydrogens (tertiary/aromatic N) is 2. The predicted molar refractivity (Wildman–Crippen MR) is 54.5 cm³/mol. The highest BCUT2D eigenvalue weighted by Gasteiger charge is 2.43. The zero-order chi connectivity index (χ0) is 11.0. The fraction of sp³-hybridized carbons (Fsp3) is 0.455. The van der Waals surface area contributed by atoms with E-state index in [4.69, 9.17) is 13.7 Å². The molecule has 0 amide bonds.